The molecule has 8 heteroatoms. The van der Waals surface area contributed by atoms with Crippen LogP contribution in [-0.4, -0.2) is 42.8 Å². The molecular weight excluding hydrogens is 488 g/mol. The number of carbonyl (C=O) groups excluding carboxylic acids is 3. The van der Waals surface area contributed by atoms with Crippen LogP contribution in [-0.2, 0) is 14.3 Å². The summed E-state index contributed by atoms with van der Waals surface area (Å²) in [6.45, 7) is 6.97. The molecule has 196 valence electrons. The summed E-state index contributed by atoms with van der Waals surface area (Å²) < 4.78 is 21.1. The van der Waals surface area contributed by atoms with Crippen molar-refractivity contribution in [1.82, 2.24) is 0 Å². The van der Waals surface area contributed by atoms with Crippen LogP contribution in [0.5, 0.6) is 17.2 Å². The molecule has 1 N–H and O–H groups in total. The molecule has 0 spiro atoms. The topological polar surface area (TPSA) is 108 Å². The first-order chi connectivity index (χ1) is 18.4. The van der Waals surface area contributed by atoms with E-state index < -0.39 is 24.5 Å². The molecule has 3 rings (SSSR count). The van der Waals surface area contributed by atoms with Crippen molar-refractivity contribution in [2.45, 2.75) is 12.8 Å². The summed E-state index contributed by atoms with van der Waals surface area (Å²) in [7, 11) is 0. The molecule has 0 aliphatic rings. The third kappa shape index (κ3) is 8.46. The maximum Gasteiger partial charge on any atom is 0.343 e. The second-order valence-electron chi connectivity index (χ2n) is 8.04. The number of esters is 3. The van der Waals surface area contributed by atoms with Gasteiger partial charge in [-0.2, -0.15) is 0 Å². The molecule has 0 aliphatic heterocycles. The van der Waals surface area contributed by atoms with E-state index in [0.717, 1.165) is 17.2 Å². The fourth-order valence-electron chi connectivity index (χ4n) is 3.17. The Kier molecular flexibility index (Phi) is 10.4. The molecule has 0 aliphatic carbocycles. The minimum Gasteiger partial charge on any atom is -0.494 e. The van der Waals surface area contributed by atoms with Crippen LogP contribution in [0.3, 0.4) is 0 Å². The van der Waals surface area contributed by atoms with Gasteiger partial charge < -0.3 is 24.1 Å². The Balaban J connectivity index is 1.43. The number of benzene rings is 3. The lowest BCUT2D eigenvalue weighted by Crippen LogP contribution is -2.11. The van der Waals surface area contributed by atoms with Crippen molar-refractivity contribution in [3.8, 4) is 28.4 Å². The van der Waals surface area contributed by atoms with E-state index in [1.165, 1.54) is 0 Å². The van der Waals surface area contributed by atoms with Crippen molar-refractivity contribution < 1.29 is 38.4 Å². The lowest BCUT2D eigenvalue weighted by molar-refractivity contribution is -0.139. The Morgan fingerprint density at radius 2 is 1.26 bits per heavy atom. The molecule has 3 aromatic carbocycles. The Labute approximate surface area is 220 Å². The predicted molar refractivity (Wildman–Crippen MR) is 141 cm³/mol. The van der Waals surface area contributed by atoms with E-state index in [2.05, 4.69) is 13.2 Å². The van der Waals surface area contributed by atoms with E-state index in [-0.39, 0.29) is 12.2 Å². The quantitative estimate of drug-likeness (QED) is 0.148. The molecule has 0 fully saturated rings. The fourth-order valence-corrected chi connectivity index (χ4v) is 3.17. The first kappa shape index (κ1) is 27.9. The summed E-state index contributed by atoms with van der Waals surface area (Å²) in [5, 5.41) is 8.82. The average molecular weight is 517 g/mol. The molecule has 0 atom stereocenters. The number of hydrogen-bond donors (Lipinski definition) is 1. The van der Waals surface area contributed by atoms with Crippen LogP contribution in [0.2, 0.25) is 0 Å². The van der Waals surface area contributed by atoms with Gasteiger partial charge in [-0.3, -0.25) is 0 Å². The van der Waals surface area contributed by atoms with Gasteiger partial charge in [0.25, 0.3) is 0 Å². The maximum atomic E-state index is 12.5. The lowest BCUT2D eigenvalue weighted by Gasteiger charge is -2.09. The molecule has 0 saturated heterocycles. The smallest absolute Gasteiger partial charge is 0.343 e. The molecule has 8 nitrogen and oxygen atoms in total. The molecule has 0 aromatic heterocycles. The molecule has 3 aromatic rings. The van der Waals surface area contributed by atoms with Crippen LogP contribution in [0.1, 0.15) is 23.2 Å². The first-order valence-electron chi connectivity index (χ1n) is 11.8. The monoisotopic (exact) mass is 516 g/mol. The standard InChI is InChI=1S/C30H28O8/c1-3-28(32)37-26-14-6-22(7-15-26)23-8-16-27(17-9-23)38-30(34)24-10-12-25(13-11-24)35-18-4-5-19-36-29(33)21(2)20-31/h3,6-17,31H,1-2,4-5,18-20H2. The van der Waals surface area contributed by atoms with E-state index in [1.807, 2.05) is 24.3 Å². The van der Waals surface area contributed by atoms with Gasteiger partial charge in [0.05, 0.1) is 31.0 Å². The number of hydrogen-bond acceptors (Lipinski definition) is 8. The van der Waals surface area contributed by atoms with Crippen molar-refractivity contribution in [1.29, 1.82) is 0 Å². The Bertz CT molecular complexity index is 1260. The second kappa shape index (κ2) is 14.2. The summed E-state index contributed by atoms with van der Waals surface area (Å²) >= 11 is 0. The molecule has 0 unspecified atom stereocenters. The van der Waals surface area contributed by atoms with Crippen molar-refractivity contribution >= 4 is 17.9 Å². The highest BCUT2D eigenvalue weighted by Gasteiger charge is 2.10. The van der Waals surface area contributed by atoms with Crippen LogP contribution in [0.25, 0.3) is 11.1 Å². The number of aliphatic hydroxyl groups is 1. The predicted octanol–water partition coefficient (Wildman–Crippen LogP) is 4.91. The molecule has 0 bridgehead atoms. The normalized spacial score (nSPS) is 10.2. The number of ether oxygens (including phenoxy) is 4. The van der Waals surface area contributed by atoms with E-state index in [4.69, 9.17) is 24.1 Å². The van der Waals surface area contributed by atoms with Crippen molar-refractivity contribution in [3.05, 3.63) is 103 Å². The Morgan fingerprint density at radius 3 is 1.82 bits per heavy atom. The van der Waals surface area contributed by atoms with E-state index in [0.29, 0.717) is 42.3 Å². The third-order valence-electron chi connectivity index (χ3n) is 5.25. The highest BCUT2D eigenvalue weighted by Crippen LogP contribution is 2.25. The van der Waals surface area contributed by atoms with Gasteiger partial charge in [-0.1, -0.05) is 37.4 Å². The zero-order chi connectivity index (χ0) is 27.3. The minimum atomic E-state index is -0.605. The third-order valence-corrected chi connectivity index (χ3v) is 5.25. The van der Waals surface area contributed by atoms with Gasteiger partial charge in [-0.25, -0.2) is 14.4 Å². The maximum absolute atomic E-state index is 12.5. The van der Waals surface area contributed by atoms with Gasteiger partial charge in [-0.15, -0.1) is 0 Å². The summed E-state index contributed by atoms with van der Waals surface area (Å²) in [4.78, 5) is 35.2. The van der Waals surface area contributed by atoms with Gasteiger partial charge in [0.2, 0.25) is 0 Å². The van der Waals surface area contributed by atoms with Gasteiger partial charge >= 0.3 is 17.9 Å². The fraction of sp³-hybridized carbons (Fsp3) is 0.167. The molecule has 0 heterocycles. The zero-order valence-corrected chi connectivity index (χ0v) is 20.8. The number of unbranched alkanes of at least 4 members (excludes halogenated alkanes) is 1. The average Bonchev–Trinajstić information content (AvgIpc) is 2.95. The van der Waals surface area contributed by atoms with Gasteiger partial charge in [0, 0.05) is 6.08 Å². The highest BCUT2D eigenvalue weighted by molar-refractivity contribution is 5.91. The minimum absolute atomic E-state index is 0.0224. The highest BCUT2D eigenvalue weighted by atomic mass is 16.5. The summed E-state index contributed by atoms with van der Waals surface area (Å²) in [6.07, 6.45) is 2.36. The van der Waals surface area contributed by atoms with Crippen LogP contribution < -0.4 is 14.2 Å². The first-order valence-corrected chi connectivity index (χ1v) is 11.8. The van der Waals surface area contributed by atoms with Gasteiger partial charge in [0.15, 0.2) is 0 Å². The molecule has 0 radical (unpaired) electrons. The van der Waals surface area contributed by atoms with E-state index in [1.54, 1.807) is 48.5 Å². The SMILES string of the molecule is C=CC(=O)Oc1ccc(-c2ccc(OC(=O)c3ccc(OCCCCOC(=O)C(=C)CO)cc3)cc2)cc1. The Morgan fingerprint density at radius 1 is 0.737 bits per heavy atom. The second-order valence-corrected chi connectivity index (χ2v) is 8.04. The van der Waals surface area contributed by atoms with Crippen LogP contribution in [0.4, 0.5) is 0 Å². The van der Waals surface area contributed by atoms with Crippen LogP contribution in [0.15, 0.2) is 97.6 Å². The Hall–Kier alpha value is -4.69. The summed E-state index contributed by atoms with van der Waals surface area (Å²) in [6, 6.07) is 20.7. The van der Waals surface area contributed by atoms with E-state index >= 15 is 0 Å². The number of rotatable bonds is 13. The summed E-state index contributed by atoms with van der Waals surface area (Å²) in [5.74, 6) is -0.201. The number of aliphatic hydroxyl groups excluding tert-OH is 1. The van der Waals surface area contributed by atoms with Crippen LogP contribution >= 0.6 is 0 Å². The largest absolute Gasteiger partial charge is 0.494 e. The van der Waals surface area contributed by atoms with Crippen molar-refractivity contribution in [2.24, 2.45) is 0 Å². The van der Waals surface area contributed by atoms with E-state index in [9.17, 15) is 14.4 Å². The van der Waals surface area contributed by atoms with Crippen molar-refractivity contribution in [2.75, 3.05) is 19.8 Å². The van der Waals surface area contributed by atoms with Gasteiger partial charge in [0.1, 0.15) is 17.2 Å². The molecule has 0 saturated carbocycles. The molecular formula is C30H28O8. The molecule has 0 amide bonds. The van der Waals surface area contributed by atoms with Crippen LogP contribution in [0, 0.1) is 0 Å². The lowest BCUT2D eigenvalue weighted by atomic mass is 10.1. The van der Waals surface area contributed by atoms with Gasteiger partial charge in [-0.05, 0) is 72.5 Å². The van der Waals surface area contributed by atoms with Crippen molar-refractivity contribution in [3.63, 3.8) is 0 Å². The zero-order valence-electron chi connectivity index (χ0n) is 20.8. The molecule has 38 heavy (non-hydrogen) atoms. The summed E-state index contributed by atoms with van der Waals surface area (Å²) in [5.41, 5.74) is 2.21. The number of carbonyl (C=O) groups is 3.